The van der Waals surface area contributed by atoms with Gasteiger partial charge in [-0.05, 0) is 24.3 Å². The Bertz CT molecular complexity index is 783. The zero-order chi connectivity index (χ0) is 15.7. The van der Waals surface area contributed by atoms with E-state index < -0.39 is 0 Å². The molecule has 0 spiro atoms. The minimum Gasteiger partial charge on any atom is -0.493 e. The van der Waals surface area contributed by atoms with Crippen molar-refractivity contribution in [3.8, 4) is 11.5 Å². The fraction of sp³-hybridized carbons (Fsp3) is 0.118. The Kier molecular flexibility index (Phi) is 3.77. The molecular weight excluding hydrogens is 302 g/mol. The minimum absolute atomic E-state index is 0.165. The molecule has 1 aliphatic rings. The van der Waals surface area contributed by atoms with E-state index in [0.29, 0.717) is 27.8 Å². The van der Waals surface area contributed by atoms with Gasteiger partial charge in [-0.25, -0.2) is 0 Å². The molecule has 0 unspecified atom stereocenters. The number of carbonyl (C=O) groups is 1. The van der Waals surface area contributed by atoms with E-state index in [1.807, 2.05) is 24.3 Å². The molecule has 0 radical (unpaired) electrons. The van der Waals surface area contributed by atoms with Crippen LogP contribution in [-0.4, -0.2) is 20.1 Å². The second kappa shape index (κ2) is 5.73. The molecule has 1 amide bonds. The first-order valence-electron chi connectivity index (χ1n) is 6.68. The Morgan fingerprint density at radius 2 is 1.95 bits per heavy atom. The fourth-order valence-electron chi connectivity index (χ4n) is 2.49. The maximum atomic E-state index is 12.2. The van der Waals surface area contributed by atoms with Crippen molar-refractivity contribution in [1.82, 2.24) is 0 Å². The van der Waals surface area contributed by atoms with Crippen LogP contribution in [0.3, 0.4) is 0 Å². The van der Waals surface area contributed by atoms with Crippen molar-refractivity contribution in [2.75, 3.05) is 19.5 Å². The molecule has 112 valence electrons. The van der Waals surface area contributed by atoms with Gasteiger partial charge < -0.3 is 14.8 Å². The Balaban J connectivity index is 2.13. The molecule has 2 aromatic rings. The van der Waals surface area contributed by atoms with E-state index in [4.69, 9.17) is 21.1 Å². The van der Waals surface area contributed by atoms with Crippen LogP contribution in [0.4, 0.5) is 5.69 Å². The smallest absolute Gasteiger partial charge is 0.256 e. The van der Waals surface area contributed by atoms with E-state index in [0.717, 1.165) is 11.1 Å². The minimum atomic E-state index is -0.165. The van der Waals surface area contributed by atoms with Gasteiger partial charge in [-0.1, -0.05) is 29.8 Å². The summed E-state index contributed by atoms with van der Waals surface area (Å²) in [6.45, 7) is 0. The number of nitrogens with one attached hydrogen (secondary N) is 1. The number of anilines is 1. The Morgan fingerprint density at radius 1 is 1.14 bits per heavy atom. The first kappa shape index (κ1) is 14.5. The van der Waals surface area contributed by atoms with Gasteiger partial charge in [-0.15, -0.1) is 0 Å². The highest BCUT2D eigenvalue weighted by atomic mass is 35.5. The van der Waals surface area contributed by atoms with Crippen LogP contribution in [0.5, 0.6) is 11.5 Å². The van der Waals surface area contributed by atoms with Gasteiger partial charge in [0.2, 0.25) is 0 Å². The molecule has 0 aliphatic carbocycles. The van der Waals surface area contributed by atoms with Gasteiger partial charge in [0, 0.05) is 21.7 Å². The van der Waals surface area contributed by atoms with E-state index in [9.17, 15) is 4.79 Å². The molecule has 2 aromatic carbocycles. The Hall–Kier alpha value is -2.46. The normalized spacial score (nSPS) is 14.7. The summed E-state index contributed by atoms with van der Waals surface area (Å²) in [6, 6.07) is 10.9. The lowest BCUT2D eigenvalue weighted by Gasteiger charge is -2.10. The molecule has 0 atom stereocenters. The molecule has 3 rings (SSSR count). The number of methoxy groups -OCH3 is 2. The summed E-state index contributed by atoms with van der Waals surface area (Å²) < 4.78 is 10.7. The van der Waals surface area contributed by atoms with Gasteiger partial charge in [-0.3, -0.25) is 4.79 Å². The number of benzene rings is 2. The van der Waals surface area contributed by atoms with E-state index >= 15 is 0 Å². The molecule has 1 aliphatic heterocycles. The fourth-order valence-corrected chi connectivity index (χ4v) is 2.66. The first-order chi connectivity index (χ1) is 10.6. The largest absolute Gasteiger partial charge is 0.493 e. The van der Waals surface area contributed by atoms with Crippen LogP contribution < -0.4 is 14.8 Å². The quantitative estimate of drug-likeness (QED) is 0.875. The van der Waals surface area contributed by atoms with E-state index in [2.05, 4.69) is 5.32 Å². The molecule has 0 saturated carbocycles. The first-order valence-corrected chi connectivity index (χ1v) is 7.06. The summed E-state index contributed by atoms with van der Waals surface area (Å²) in [5.74, 6) is 1.04. The number of amides is 1. The van der Waals surface area contributed by atoms with Crippen LogP contribution in [0.2, 0.25) is 5.02 Å². The Morgan fingerprint density at radius 3 is 2.68 bits per heavy atom. The van der Waals surface area contributed by atoms with Crippen molar-refractivity contribution in [3.63, 3.8) is 0 Å². The predicted molar refractivity (Wildman–Crippen MR) is 87.5 cm³/mol. The Labute approximate surface area is 133 Å². The SMILES string of the molecule is COc1cccc(/C=C2\C(=O)Nc3cc(Cl)ccc32)c1OC. The van der Waals surface area contributed by atoms with Crippen LogP contribution in [-0.2, 0) is 4.79 Å². The van der Waals surface area contributed by atoms with Crippen molar-refractivity contribution in [2.24, 2.45) is 0 Å². The van der Waals surface area contributed by atoms with Crippen molar-refractivity contribution in [2.45, 2.75) is 0 Å². The molecular formula is C17H14ClNO3. The summed E-state index contributed by atoms with van der Waals surface area (Å²) in [5, 5.41) is 3.39. The molecule has 1 N–H and O–H groups in total. The number of hydrogen-bond acceptors (Lipinski definition) is 3. The molecule has 0 fully saturated rings. The summed E-state index contributed by atoms with van der Waals surface area (Å²) in [5.41, 5.74) is 2.87. The van der Waals surface area contributed by atoms with Gasteiger partial charge in [0.25, 0.3) is 5.91 Å². The molecule has 0 saturated heterocycles. The summed E-state index contributed by atoms with van der Waals surface area (Å²) in [6.07, 6.45) is 1.79. The monoisotopic (exact) mass is 315 g/mol. The van der Waals surface area contributed by atoms with Crippen LogP contribution in [0, 0.1) is 0 Å². The van der Waals surface area contributed by atoms with Crippen molar-refractivity contribution in [1.29, 1.82) is 0 Å². The average molecular weight is 316 g/mol. The zero-order valence-corrected chi connectivity index (χ0v) is 12.9. The molecule has 5 heteroatoms. The number of hydrogen-bond donors (Lipinski definition) is 1. The van der Waals surface area contributed by atoms with Crippen molar-refractivity contribution >= 4 is 34.8 Å². The van der Waals surface area contributed by atoms with Gasteiger partial charge in [-0.2, -0.15) is 0 Å². The number of carbonyl (C=O) groups excluding carboxylic acids is 1. The number of fused-ring (bicyclic) bond motifs is 1. The molecule has 22 heavy (non-hydrogen) atoms. The predicted octanol–water partition coefficient (Wildman–Crippen LogP) is 3.85. The lowest BCUT2D eigenvalue weighted by Crippen LogP contribution is -2.03. The van der Waals surface area contributed by atoms with Crippen LogP contribution >= 0.6 is 11.6 Å². The standard InChI is InChI=1S/C17H14ClNO3/c1-21-15-5-3-4-10(16(15)22-2)8-13-12-7-6-11(18)9-14(12)19-17(13)20/h3-9H,1-2H3,(H,19,20)/b13-8-. The second-order valence-corrected chi connectivity index (χ2v) is 5.22. The number of para-hydroxylation sites is 1. The highest BCUT2D eigenvalue weighted by molar-refractivity contribution is 6.36. The van der Waals surface area contributed by atoms with Crippen LogP contribution in [0.1, 0.15) is 11.1 Å². The van der Waals surface area contributed by atoms with Crippen molar-refractivity contribution in [3.05, 3.63) is 52.5 Å². The lowest BCUT2D eigenvalue weighted by atomic mass is 10.0. The number of halogens is 1. The van der Waals surface area contributed by atoms with Gasteiger partial charge in [0.15, 0.2) is 11.5 Å². The highest BCUT2D eigenvalue weighted by Gasteiger charge is 2.24. The third kappa shape index (κ3) is 2.42. The van der Waals surface area contributed by atoms with Gasteiger partial charge in [0.1, 0.15) is 0 Å². The summed E-state index contributed by atoms with van der Waals surface area (Å²) in [4.78, 5) is 12.2. The third-order valence-corrected chi connectivity index (χ3v) is 3.73. The highest BCUT2D eigenvalue weighted by Crippen LogP contribution is 2.38. The number of ether oxygens (including phenoxy) is 2. The van der Waals surface area contributed by atoms with E-state index in [-0.39, 0.29) is 5.91 Å². The topological polar surface area (TPSA) is 47.6 Å². The lowest BCUT2D eigenvalue weighted by molar-refractivity contribution is -0.110. The second-order valence-electron chi connectivity index (χ2n) is 4.78. The average Bonchev–Trinajstić information content (AvgIpc) is 2.82. The zero-order valence-electron chi connectivity index (χ0n) is 12.1. The molecule has 1 heterocycles. The van der Waals surface area contributed by atoms with Crippen LogP contribution in [0.15, 0.2) is 36.4 Å². The summed E-state index contributed by atoms with van der Waals surface area (Å²) in [7, 11) is 3.15. The van der Waals surface area contributed by atoms with E-state index in [1.54, 1.807) is 32.4 Å². The molecule has 4 nitrogen and oxygen atoms in total. The maximum absolute atomic E-state index is 12.2. The van der Waals surface area contributed by atoms with Crippen molar-refractivity contribution < 1.29 is 14.3 Å². The van der Waals surface area contributed by atoms with E-state index in [1.165, 1.54) is 0 Å². The molecule has 0 aromatic heterocycles. The van der Waals surface area contributed by atoms with Gasteiger partial charge >= 0.3 is 0 Å². The van der Waals surface area contributed by atoms with Crippen LogP contribution in [0.25, 0.3) is 11.6 Å². The maximum Gasteiger partial charge on any atom is 0.256 e. The summed E-state index contributed by atoms with van der Waals surface area (Å²) >= 11 is 5.96. The molecule has 0 bridgehead atoms. The van der Waals surface area contributed by atoms with Gasteiger partial charge in [0.05, 0.1) is 19.9 Å². The number of rotatable bonds is 3. The third-order valence-electron chi connectivity index (χ3n) is 3.50.